The standard InChI is InChI=1S/C17H32N2O2/c1-17(2,3)21-16(20)19-11-5-10-18-15-7-4-6-14(12-15)13-8-9-13/h13-15,18H,4-12H2,1-3H3,(H,19,20). The van der Waals surface area contributed by atoms with Crippen molar-refractivity contribution >= 4 is 6.09 Å². The number of carbonyl (C=O) groups excluding carboxylic acids is 1. The summed E-state index contributed by atoms with van der Waals surface area (Å²) < 4.78 is 5.21. The van der Waals surface area contributed by atoms with Gasteiger partial charge in [-0.2, -0.15) is 0 Å². The molecule has 2 atom stereocenters. The van der Waals surface area contributed by atoms with Crippen molar-refractivity contribution < 1.29 is 9.53 Å². The van der Waals surface area contributed by atoms with Crippen LogP contribution in [0.3, 0.4) is 0 Å². The Labute approximate surface area is 129 Å². The molecule has 4 heteroatoms. The van der Waals surface area contributed by atoms with E-state index in [4.69, 9.17) is 4.74 Å². The second kappa shape index (κ2) is 7.48. The first-order valence-corrected chi connectivity index (χ1v) is 8.64. The van der Waals surface area contributed by atoms with E-state index >= 15 is 0 Å². The summed E-state index contributed by atoms with van der Waals surface area (Å²) in [5.41, 5.74) is -0.414. The molecule has 2 saturated carbocycles. The molecular formula is C17H32N2O2. The summed E-state index contributed by atoms with van der Waals surface area (Å²) in [5.74, 6) is 2.03. The Hall–Kier alpha value is -0.770. The van der Waals surface area contributed by atoms with E-state index in [0.717, 1.165) is 24.8 Å². The summed E-state index contributed by atoms with van der Waals surface area (Å²) in [6.07, 6.45) is 9.11. The lowest BCUT2D eigenvalue weighted by Crippen LogP contribution is -2.37. The van der Waals surface area contributed by atoms with Crippen LogP contribution < -0.4 is 10.6 Å². The number of rotatable bonds is 6. The normalized spacial score (nSPS) is 26.4. The molecule has 2 unspecified atom stereocenters. The van der Waals surface area contributed by atoms with E-state index in [9.17, 15) is 4.79 Å². The van der Waals surface area contributed by atoms with Gasteiger partial charge in [0, 0.05) is 12.6 Å². The molecule has 4 nitrogen and oxygen atoms in total. The van der Waals surface area contributed by atoms with Crippen molar-refractivity contribution in [3.8, 4) is 0 Å². The molecule has 1 amide bonds. The first kappa shape index (κ1) is 16.6. The molecule has 0 spiro atoms. The molecule has 0 saturated heterocycles. The zero-order chi connectivity index (χ0) is 15.3. The lowest BCUT2D eigenvalue weighted by atomic mass is 9.83. The second-order valence-electron chi connectivity index (χ2n) is 7.70. The van der Waals surface area contributed by atoms with Crippen molar-refractivity contribution in [1.29, 1.82) is 0 Å². The van der Waals surface area contributed by atoms with Gasteiger partial charge in [0.15, 0.2) is 0 Å². The zero-order valence-corrected chi connectivity index (χ0v) is 13.9. The van der Waals surface area contributed by atoms with Gasteiger partial charge >= 0.3 is 6.09 Å². The number of carbonyl (C=O) groups is 1. The van der Waals surface area contributed by atoms with Gasteiger partial charge in [-0.25, -0.2) is 4.79 Å². The van der Waals surface area contributed by atoms with Crippen LogP contribution in [0.4, 0.5) is 4.79 Å². The predicted molar refractivity (Wildman–Crippen MR) is 85.3 cm³/mol. The molecule has 0 aromatic carbocycles. The van der Waals surface area contributed by atoms with Gasteiger partial charge in [0.25, 0.3) is 0 Å². The Morgan fingerprint density at radius 2 is 1.86 bits per heavy atom. The van der Waals surface area contributed by atoms with Crippen LogP contribution in [0.1, 0.15) is 65.7 Å². The minimum atomic E-state index is -0.414. The lowest BCUT2D eigenvalue weighted by Gasteiger charge is -2.30. The Bertz CT molecular complexity index is 334. The number of alkyl carbamates (subject to hydrolysis) is 1. The largest absolute Gasteiger partial charge is 0.444 e. The minimum Gasteiger partial charge on any atom is -0.444 e. The fourth-order valence-corrected chi connectivity index (χ4v) is 3.31. The van der Waals surface area contributed by atoms with Gasteiger partial charge in [0.05, 0.1) is 0 Å². The van der Waals surface area contributed by atoms with E-state index in [0.29, 0.717) is 12.6 Å². The fraction of sp³-hybridized carbons (Fsp3) is 0.941. The van der Waals surface area contributed by atoms with Crippen molar-refractivity contribution in [2.24, 2.45) is 11.8 Å². The van der Waals surface area contributed by atoms with E-state index in [2.05, 4.69) is 10.6 Å². The molecule has 2 fully saturated rings. The third-order valence-electron chi connectivity index (χ3n) is 4.46. The van der Waals surface area contributed by atoms with Gasteiger partial charge in [-0.3, -0.25) is 0 Å². The van der Waals surface area contributed by atoms with Gasteiger partial charge in [0.2, 0.25) is 0 Å². The van der Waals surface area contributed by atoms with Gasteiger partial charge in [-0.15, -0.1) is 0 Å². The maximum absolute atomic E-state index is 11.5. The van der Waals surface area contributed by atoms with Crippen LogP contribution in [0.15, 0.2) is 0 Å². The number of nitrogens with one attached hydrogen (secondary N) is 2. The average Bonchev–Trinajstić information content (AvgIpc) is 3.21. The lowest BCUT2D eigenvalue weighted by molar-refractivity contribution is 0.0527. The van der Waals surface area contributed by atoms with Crippen LogP contribution in [-0.4, -0.2) is 30.8 Å². The van der Waals surface area contributed by atoms with Crippen molar-refractivity contribution in [2.75, 3.05) is 13.1 Å². The van der Waals surface area contributed by atoms with Gasteiger partial charge in [-0.05, 0) is 71.3 Å². The van der Waals surface area contributed by atoms with Crippen LogP contribution in [-0.2, 0) is 4.74 Å². The smallest absolute Gasteiger partial charge is 0.407 e. The molecule has 21 heavy (non-hydrogen) atoms. The van der Waals surface area contributed by atoms with Crippen LogP contribution in [0.2, 0.25) is 0 Å². The van der Waals surface area contributed by atoms with Crippen molar-refractivity contribution in [2.45, 2.75) is 77.4 Å². The Balaban J connectivity index is 1.50. The van der Waals surface area contributed by atoms with Crippen LogP contribution in [0.5, 0.6) is 0 Å². The highest BCUT2D eigenvalue weighted by Crippen LogP contribution is 2.43. The van der Waals surface area contributed by atoms with E-state index in [1.165, 1.54) is 38.5 Å². The Kier molecular flexibility index (Phi) is 5.91. The zero-order valence-electron chi connectivity index (χ0n) is 13.9. The van der Waals surface area contributed by atoms with E-state index < -0.39 is 5.60 Å². The molecule has 122 valence electrons. The molecule has 2 N–H and O–H groups in total. The van der Waals surface area contributed by atoms with Crippen molar-refractivity contribution in [3.63, 3.8) is 0 Å². The number of hydrogen-bond donors (Lipinski definition) is 2. The van der Waals surface area contributed by atoms with Crippen LogP contribution in [0.25, 0.3) is 0 Å². The first-order valence-electron chi connectivity index (χ1n) is 8.64. The first-order chi connectivity index (χ1) is 9.94. The average molecular weight is 296 g/mol. The molecule has 2 rings (SSSR count). The molecule has 2 aliphatic rings. The van der Waals surface area contributed by atoms with Gasteiger partial charge in [-0.1, -0.05) is 12.8 Å². The molecule has 2 aliphatic carbocycles. The summed E-state index contributed by atoms with van der Waals surface area (Å²) in [5, 5.41) is 6.48. The molecule has 0 heterocycles. The third kappa shape index (κ3) is 6.68. The molecule has 0 aromatic heterocycles. The highest BCUT2D eigenvalue weighted by molar-refractivity contribution is 5.67. The summed E-state index contributed by atoms with van der Waals surface area (Å²) in [6.45, 7) is 7.31. The van der Waals surface area contributed by atoms with Crippen molar-refractivity contribution in [3.05, 3.63) is 0 Å². The highest BCUT2D eigenvalue weighted by Gasteiger charge is 2.34. The molecule has 0 bridgehead atoms. The summed E-state index contributed by atoms with van der Waals surface area (Å²) >= 11 is 0. The summed E-state index contributed by atoms with van der Waals surface area (Å²) in [7, 11) is 0. The molecule has 0 aromatic rings. The second-order valence-corrected chi connectivity index (χ2v) is 7.70. The monoisotopic (exact) mass is 296 g/mol. The van der Waals surface area contributed by atoms with Crippen LogP contribution >= 0.6 is 0 Å². The number of hydrogen-bond acceptors (Lipinski definition) is 3. The summed E-state index contributed by atoms with van der Waals surface area (Å²) in [4.78, 5) is 11.5. The predicted octanol–water partition coefficient (Wildman–Crippen LogP) is 3.46. The Morgan fingerprint density at radius 3 is 2.52 bits per heavy atom. The number of ether oxygens (including phenoxy) is 1. The maximum atomic E-state index is 11.5. The fourth-order valence-electron chi connectivity index (χ4n) is 3.31. The highest BCUT2D eigenvalue weighted by atomic mass is 16.6. The number of amides is 1. The van der Waals surface area contributed by atoms with Gasteiger partial charge < -0.3 is 15.4 Å². The maximum Gasteiger partial charge on any atom is 0.407 e. The Morgan fingerprint density at radius 1 is 1.10 bits per heavy atom. The van der Waals surface area contributed by atoms with Gasteiger partial charge in [0.1, 0.15) is 5.60 Å². The molecule has 0 radical (unpaired) electrons. The van der Waals surface area contributed by atoms with E-state index in [1.807, 2.05) is 20.8 Å². The SMILES string of the molecule is CC(C)(C)OC(=O)NCCCNC1CCCC(C2CC2)C1. The van der Waals surface area contributed by atoms with E-state index in [1.54, 1.807) is 0 Å². The topological polar surface area (TPSA) is 50.4 Å². The van der Waals surface area contributed by atoms with Crippen molar-refractivity contribution in [1.82, 2.24) is 10.6 Å². The summed E-state index contributed by atoms with van der Waals surface area (Å²) in [6, 6.07) is 0.700. The van der Waals surface area contributed by atoms with E-state index in [-0.39, 0.29) is 6.09 Å². The third-order valence-corrected chi connectivity index (χ3v) is 4.46. The molecular weight excluding hydrogens is 264 g/mol. The quantitative estimate of drug-likeness (QED) is 0.738. The minimum absolute atomic E-state index is 0.311. The molecule has 0 aliphatic heterocycles. The van der Waals surface area contributed by atoms with Crippen LogP contribution in [0, 0.1) is 11.8 Å².